The molecule has 0 bridgehead atoms. The van der Waals surface area contributed by atoms with Crippen LogP contribution in [-0.4, -0.2) is 88.5 Å². The smallest absolute Gasteiger partial charge is 0.246 e. The summed E-state index contributed by atoms with van der Waals surface area (Å²) in [7, 11) is 1.76. The van der Waals surface area contributed by atoms with Crippen LogP contribution in [-0.2, 0) is 25.7 Å². The number of nitrogens with zero attached hydrogens (tertiary/aromatic N) is 3. The van der Waals surface area contributed by atoms with Gasteiger partial charge in [0.05, 0.1) is 28.7 Å². The summed E-state index contributed by atoms with van der Waals surface area (Å²) in [5.74, 6) is -0.561. The number of nitrogens with one attached hydrogen (secondary N) is 2. The molecule has 0 aliphatic carbocycles. The van der Waals surface area contributed by atoms with Crippen molar-refractivity contribution in [2.75, 3.05) is 26.7 Å². The lowest BCUT2D eigenvalue weighted by molar-refractivity contribution is -0.142. The fourth-order valence-corrected chi connectivity index (χ4v) is 8.98. The van der Waals surface area contributed by atoms with Crippen LogP contribution in [0, 0.1) is 12.8 Å². The van der Waals surface area contributed by atoms with Crippen LogP contribution in [0.4, 0.5) is 0 Å². The number of allylic oxidation sites excluding steroid dienone is 2. The third-order valence-corrected chi connectivity index (χ3v) is 12.9. The fourth-order valence-electron chi connectivity index (χ4n) is 8.17. The first-order valence-electron chi connectivity index (χ1n) is 22.9. The third kappa shape index (κ3) is 13.4. The number of rotatable bonds is 21. The number of amides is 4. The summed E-state index contributed by atoms with van der Waals surface area (Å²) in [5.41, 5.74) is 10.7. The van der Waals surface area contributed by atoms with Crippen LogP contribution < -0.4 is 15.4 Å². The molecule has 6 rings (SSSR count). The molecule has 0 radical (unpaired) electrons. The second-order valence-corrected chi connectivity index (χ2v) is 17.9. The van der Waals surface area contributed by atoms with Crippen LogP contribution in [0.15, 0.2) is 127 Å². The van der Waals surface area contributed by atoms with Crippen LogP contribution >= 0.6 is 11.3 Å². The maximum atomic E-state index is 13.8. The lowest BCUT2D eigenvalue weighted by Gasteiger charge is -2.30. The summed E-state index contributed by atoms with van der Waals surface area (Å²) in [6, 6.07) is 35.3. The first-order chi connectivity index (χ1) is 31.9. The van der Waals surface area contributed by atoms with Crippen molar-refractivity contribution >= 4 is 46.1 Å². The normalized spacial score (nSPS) is 15.7. The van der Waals surface area contributed by atoms with Crippen molar-refractivity contribution in [1.29, 1.82) is 0 Å². The quantitative estimate of drug-likeness (QED) is 0.0380. The van der Waals surface area contributed by atoms with Crippen molar-refractivity contribution < 1.29 is 29.0 Å². The van der Waals surface area contributed by atoms with E-state index in [0.29, 0.717) is 26.0 Å². The van der Waals surface area contributed by atoms with Crippen molar-refractivity contribution in [2.24, 2.45) is 5.92 Å². The maximum absolute atomic E-state index is 13.8. The van der Waals surface area contributed by atoms with E-state index in [1.54, 1.807) is 23.3 Å². The number of ether oxygens (including phenoxy) is 1. The van der Waals surface area contributed by atoms with Gasteiger partial charge in [-0.3, -0.25) is 19.2 Å². The van der Waals surface area contributed by atoms with Gasteiger partial charge < -0.3 is 30.3 Å². The highest BCUT2D eigenvalue weighted by atomic mass is 32.1. The Hall–Kier alpha value is -6.37. The number of carbonyl (C=O) groups is 4. The van der Waals surface area contributed by atoms with Gasteiger partial charge in [0.1, 0.15) is 24.4 Å². The largest absolute Gasteiger partial charge is 0.492 e. The molecule has 1 saturated heterocycles. The Morgan fingerprint density at radius 2 is 1.58 bits per heavy atom. The molecule has 5 aromatic rings. The Labute approximate surface area is 393 Å². The molecule has 346 valence electrons. The number of likely N-dealkylation sites (N-methyl/N-ethyl adjacent to an activating group) is 1. The van der Waals surface area contributed by atoms with Gasteiger partial charge in [-0.2, -0.15) is 0 Å². The van der Waals surface area contributed by atoms with Crippen LogP contribution in [0.1, 0.15) is 87.2 Å². The number of carbonyl (C=O) groups excluding carboxylic acids is 4. The van der Waals surface area contributed by atoms with Gasteiger partial charge in [0.25, 0.3) is 0 Å². The average molecular weight is 910 g/mol. The number of unbranched alkanes of at least 4 members (excludes halogenated alkanes) is 1. The molecule has 1 aliphatic rings. The van der Waals surface area contributed by atoms with Crippen molar-refractivity contribution in [3.05, 3.63) is 155 Å². The number of hydrogen-bond donors (Lipinski definition) is 3. The Morgan fingerprint density at radius 3 is 2.21 bits per heavy atom. The van der Waals surface area contributed by atoms with Gasteiger partial charge >= 0.3 is 0 Å². The summed E-state index contributed by atoms with van der Waals surface area (Å²) in [4.78, 5) is 61.6. The lowest BCUT2D eigenvalue weighted by Crippen LogP contribution is -2.55. The number of aryl methyl sites for hydroxylation is 1. The highest BCUT2D eigenvalue weighted by molar-refractivity contribution is 7.13. The SMILES string of the molecule is CC/C(=C(\c1ccccc1)c1ccc(OCCN(C)C(=O)C/C=C/CCCC(=O)N[C@H](C(=O)N2C[C@H](O)C[C@H]2C(=O)NCc2ccc(-c3scnc3C)cc2)C(C)C)cc1)c1ccccc1. The maximum Gasteiger partial charge on any atom is 0.246 e. The predicted molar refractivity (Wildman–Crippen MR) is 263 cm³/mol. The molecule has 1 fully saturated rings. The summed E-state index contributed by atoms with van der Waals surface area (Å²) in [6.07, 6.45) is 5.41. The first-order valence-corrected chi connectivity index (χ1v) is 23.8. The van der Waals surface area contributed by atoms with E-state index < -0.39 is 18.2 Å². The Bertz CT molecular complexity index is 2430. The van der Waals surface area contributed by atoms with Gasteiger partial charge in [-0.05, 0) is 83.2 Å². The topological polar surface area (TPSA) is 141 Å². The van der Waals surface area contributed by atoms with E-state index in [0.717, 1.165) is 45.0 Å². The molecule has 3 atom stereocenters. The van der Waals surface area contributed by atoms with Crippen molar-refractivity contribution in [2.45, 2.75) is 91.0 Å². The summed E-state index contributed by atoms with van der Waals surface area (Å²) in [6.45, 7) is 8.91. The van der Waals surface area contributed by atoms with E-state index in [9.17, 15) is 24.3 Å². The highest BCUT2D eigenvalue weighted by Gasteiger charge is 2.42. The van der Waals surface area contributed by atoms with Gasteiger partial charge in [0, 0.05) is 39.4 Å². The van der Waals surface area contributed by atoms with Crippen LogP contribution in [0.25, 0.3) is 21.6 Å². The number of aliphatic hydroxyl groups excluding tert-OH is 1. The number of thiazole rings is 1. The molecule has 3 N–H and O–H groups in total. The molecule has 4 aromatic carbocycles. The molecule has 12 heteroatoms. The molecule has 66 heavy (non-hydrogen) atoms. The molecule has 4 amide bonds. The molecule has 0 unspecified atom stereocenters. The van der Waals surface area contributed by atoms with Crippen LogP contribution in [0.3, 0.4) is 0 Å². The van der Waals surface area contributed by atoms with Gasteiger partial charge in [-0.15, -0.1) is 11.3 Å². The Kier molecular flexibility index (Phi) is 18.0. The summed E-state index contributed by atoms with van der Waals surface area (Å²) < 4.78 is 6.04. The number of benzene rings is 4. The first kappa shape index (κ1) is 49.1. The zero-order valence-corrected chi connectivity index (χ0v) is 39.6. The van der Waals surface area contributed by atoms with E-state index in [1.165, 1.54) is 21.6 Å². The minimum absolute atomic E-state index is 0.0163. The number of aliphatic hydroxyl groups is 1. The lowest BCUT2D eigenvalue weighted by atomic mass is 9.88. The Balaban J connectivity index is 0.905. The van der Waals surface area contributed by atoms with Crippen LogP contribution in [0.5, 0.6) is 5.75 Å². The summed E-state index contributed by atoms with van der Waals surface area (Å²) in [5, 5.41) is 16.3. The number of likely N-dealkylation sites (tertiary alicyclic amines) is 1. The van der Waals surface area contributed by atoms with E-state index in [4.69, 9.17) is 4.74 Å². The van der Waals surface area contributed by atoms with Gasteiger partial charge in [-0.1, -0.05) is 130 Å². The molecule has 0 saturated carbocycles. The minimum atomic E-state index is -0.850. The number of hydrogen-bond acceptors (Lipinski definition) is 8. The second-order valence-electron chi connectivity index (χ2n) is 17.1. The van der Waals surface area contributed by atoms with E-state index >= 15 is 0 Å². The molecule has 0 spiro atoms. The summed E-state index contributed by atoms with van der Waals surface area (Å²) >= 11 is 1.58. The van der Waals surface area contributed by atoms with Gasteiger partial charge in [0.2, 0.25) is 23.6 Å². The zero-order valence-electron chi connectivity index (χ0n) is 38.7. The molecular weight excluding hydrogens is 847 g/mol. The van der Waals surface area contributed by atoms with Crippen molar-refractivity contribution in [3.63, 3.8) is 0 Å². The van der Waals surface area contributed by atoms with Crippen LogP contribution in [0.2, 0.25) is 0 Å². The predicted octanol–water partition coefficient (Wildman–Crippen LogP) is 8.86. The molecular formula is C54H63N5O6S. The van der Waals surface area contributed by atoms with E-state index in [1.807, 2.05) is 87.0 Å². The Morgan fingerprint density at radius 1 is 0.909 bits per heavy atom. The second kappa shape index (κ2) is 24.2. The molecule has 1 aromatic heterocycles. The van der Waals surface area contributed by atoms with Crippen molar-refractivity contribution in [3.8, 4) is 16.2 Å². The average Bonchev–Trinajstić information content (AvgIpc) is 3.95. The highest BCUT2D eigenvalue weighted by Crippen LogP contribution is 2.35. The molecule has 2 heterocycles. The standard InChI is InChI=1S/C54H63N5O6S/c1-6-46(40-17-11-9-12-18-40)50(41-19-13-10-14-20-41)42-27-29-45(30-28-42)65-32-31-58(5)49(62)22-16-8-7-15-21-48(61)57-51(37(2)3)54(64)59-35-44(60)33-47(59)53(63)55-34-39-23-25-43(26-24-39)52-38(4)56-36-66-52/h8-14,16-20,23-30,36-37,44,47,51,60H,6-7,15,21-22,31-35H2,1-5H3,(H,55,63)(H,57,61)/b16-8+,50-46-/t44-,47+,51+/m1/s1. The third-order valence-electron chi connectivity index (χ3n) is 11.9. The van der Waals surface area contributed by atoms with E-state index in [-0.39, 0.29) is 61.9 Å². The molecule has 1 aliphatic heterocycles. The zero-order chi connectivity index (χ0) is 47.0. The van der Waals surface area contributed by atoms with Gasteiger partial charge in [-0.25, -0.2) is 4.98 Å². The number of β-amino-alcohol motifs (C(OH)–C–C–N with tert-alkyl or cyclic N) is 1. The minimum Gasteiger partial charge on any atom is -0.492 e. The molecule has 11 nitrogen and oxygen atoms in total. The number of aromatic nitrogens is 1. The van der Waals surface area contributed by atoms with Gasteiger partial charge in [0.15, 0.2) is 0 Å². The monoisotopic (exact) mass is 909 g/mol. The fraction of sp³-hybridized carbons (Fsp3) is 0.352. The van der Waals surface area contributed by atoms with Crippen molar-refractivity contribution in [1.82, 2.24) is 25.4 Å². The van der Waals surface area contributed by atoms with E-state index in [2.05, 4.69) is 83.2 Å².